The average Bonchev–Trinajstić information content (AvgIpc) is 2.67. The van der Waals surface area contributed by atoms with Gasteiger partial charge in [-0.2, -0.15) is 0 Å². The number of Topliss-reactive ketones (excluding diaryl/α,β-unsaturated/α-hetero) is 1. The van der Waals surface area contributed by atoms with E-state index in [0.717, 1.165) is 48.6 Å². The van der Waals surface area contributed by atoms with Crippen LogP contribution in [-0.2, 0) is 6.42 Å². The molecule has 2 atom stereocenters. The number of rotatable bonds is 2. The zero-order valence-corrected chi connectivity index (χ0v) is 17.2. The lowest BCUT2D eigenvalue weighted by atomic mass is 9.78. The lowest BCUT2D eigenvalue weighted by Gasteiger charge is -2.38. The fourth-order valence-corrected chi connectivity index (χ4v) is 4.97. The predicted molar refractivity (Wildman–Crippen MR) is 111 cm³/mol. The zero-order valence-electron chi connectivity index (χ0n) is 17.2. The summed E-state index contributed by atoms with van der Waals surface area (Å²) in [5, 5.41) is 0.740. The summed E-state index contributed by atoms with van der Waals surface area (Å²) in [5.74, 6) is 1.05. The number of fused-ring (bicyclic) bond motifs is 7. The van der Waals surface area contributed by atoms with E-state index in [9.17, 15) is 9.59 Å². The van der Waals surface area contributed by atoms with E-state index in [-0.39, 0.29) is 17.8 Å². The second kappa shape index (κ2) is 6.48. The minimum Gasteiger partial charge on any atom is -0.488 e. The Morgan fingerprint density at radius 3 is 2.72 bits per heavy atom. The van der Waals surface area contributed by atoms with Crippen molar-refractivity contribution in [3.05, 3.63) is 39.3 Å². The Labute approximate surface area is 169 Å². The van der Waals surface area contributed by atoms with Gasteiger partial charge in [0.2, 0.25) is 0 Å². The molecule has 2 aromatic rings. The van der Waals surface area contributed by atoms with Crippen LogP contribution in [-0.4, -0.2) is 17.5 Å². The van der Waals surface area contributed by atoms with Gasteiger partial charge in [-0.1, -0.05) is 19.8 Å². The Hall–Kier alpha value is -2.56. The summed E-state index contributed by atoms with van der Waals surface area (Å²) >= 11 is 0. The maximum Gasteiger partial charge on any atom is 0.336 e. The smallest absolute Gasteiger partial charge is 0.336 e. The largest absolute Gasteiger partial charge is 0.488 e. The van der Waals surface area contributed by atoms with Crippen LogP contribution in [0.1, 0.15) is 74.4 Å². The summed E-state index contributed by atoms with van der Waals surface area (Å²) in [4.78, 5) is 25.9. The first-order valence-electron chi connectivity index (χ1n) is 10.7. The normalized spacial score (nSPS) is 24.3. The quantitative estimate of drug-likeness (QED) is 0.666. The van der Waals surface area contributed by atoms with Gasteiger partial charge >= 0.3 is 5.63 Å². The third-order valence-electron chi connectivity index (χ3n) is 6.30. The SMILES string of the molecule is CCCc1cc(=O)oc2c3c(c4c(c12)OC(C)(C)C=C4)O[C@@H]1CCCC[C@@H]1C3=O. The summed E-state index contributed by atoms with van der Waals surface area (Å²) < 4.78 is 18.4. The Morgan fingerprint density at radius 2 is 1.93 bits per heavy atom. The van der Waals surface area contributed by atoms with Crippen LogP contribution in [0.25, 0.3) is 17.0 Å². The van der Waals surface area contributed by atoms with Gasteiger partial charge in [0, 0.05) is 6.07 Å². The van der Waals surface area contributed by atoms with Crippen molar-refractivity contribution in [2.75, 3.05) is 0 Å². The van der Waals surface area contributed by atoms with E-state index in [1.165, 1.54) is 6.07 Å². The third-order valence-corrected chi connectivity index (χ3v) is 6.30. The summed E-state index contributed by atoms with van der Waals surface area (Å²) in [5.41, 5.74) is 1.46. The molecule has 5 nitrogen and oxygen atoms in total. The molecule has 1 aliphatic carbocycles. The van der Waals surface area contributed by atoms with Crippen molar-refractivity contribution in [3.63, 3.8) is 0 Å². The minimum atomic E-state index is -0.500. The molecular weight excluding hydrogens is 368 g/mol. The highest BCUT2D eigenvalue weighted by Gasteiger charge is 2.43. The highest BCUT2D eigenvalue weighted by Crippen LogP contribution is 2.50. The zero-order chi connectivity index (χ0) is 20.3. The number of carbonyl (C=O) groups excluding carboxylic acids is 1. The van der Waals surface area contributed by atoms with Gasteiger partial charge in [0.15, 0.2) is 11.4 Å². The fraction of sp³-hybridized carbons (Fsp3) is 0.500. The molecule has 1 aromatic carbocycles. The van der Waals surface area contributed by atoms with E-state index in [4.69, 9.17) is 13.9 Å². The molecular formula is C24H26O5. The van der Waals surface area contributed by atoms with Crippen LogP contribution >= 0.6 is 0 Å². The van der Waals surface area contributed by atoms with Crippen LogP contribution in [0, 0.1) is 5.92 Å². The van der Waals surface area contributed by atoms with E-state index in [1.54, 1.807) is 0 Å². The van der Waals surface area contributed by atoms with Crippen LogP contribution in [0.5, 0.6) is 11.5 Å². The van der Waals surface area contributed by atoms with Crippen LogP contribution < -0.4 is 15.1 Å². The Bertz CT molecular complexity index is 1100. The van der Waals surface area contributed by atoms with Crippen molar-refractivity contribution < 1.29 is 18.7 Å². The molecule has 5 heteroatoms. The van der Waals surface area contributed by atoms with Gasteiger partial charge in [0.25, 0.3) is 0 Å². The molecule has 3 heterocycles. The molecule has 2 aliphatic heterocycles. The van der Waals surface area contributed by atoms with Gasteiger partial charge in [-0.25, -0.2) is 4.79 Å². The van der Waals surface area contributed by atoms with E-state index < -0.39 is 11.2 Å². The van der Waals surface area contributed by atoms with Crippen molar-refractivity contribution in [2.45, 2.75) is 71.0 Å². The Kier molecular flexibility index (Phi) is 4.12. The van der Waals surface area contributed by atoms with Crippen molar-refractivity contribution in [3.8, 4) is 11.5 Å². The molecule has 0 amide bonds. The summed E-state index contributed by atoms with van der Waals surface area (Å²) in [7, 11) is 0. The average molecular weight is 394 g/mol. The number of ether oxygens (including phenoxy) is 2. The lowest BCUT2D eigenvalue weighted by Crippen LogP contribution is -2.40. The maximum absolute atomic E-state index is 13.6. The highest BCUT2D eigenvalue weighted by molar-refractivity contribution is 6.14. The number of ketones is 1. The topological polar surface area (TPSA) is 65.7 Å². The monoisotopic (exact) mass is 394 g/mol. The number of aryl methyl sites for hydroxylation is 1. The molecule has 152 valence electrons. The molecule has 0 bridgehead atoms. The molecule has 0 spiro atoms. The maximum atomic E-state index is 13.6. The van der Waals surface area contributed by atoms with Crippen molar-refractivity contribution in [2.24, 2.45) is 5.92 Å². The first kappa shape index (κ1) is 18.5. The second-order valence-corrected chi connectivity index (χ2v) is 8.94. The molecule has 0 N–H and O–H groups in total. The molecule has 1 saturated carbocycles. The van der Waals surface area contributed by atoms with Crippen LogP contribution in [0.2, 0.25) is 0 Å². The molecule has 1 fully saturated rings. The van der Waals surface area contributed by atoms with Gasteiger partial charge in [0.1, 0.15) is 28.8 Å². The molecule has 3 aliphatic rings. The number of carbonyl (C=O) groups is 1. The van der Waals surface area contributed by atoms with Gasteiger partial charge in [-0.15, -0.1) is 0 Å². The van der Waals surface area contributed by atoms with Gasteiger partial charge < -0.3 is 13.9 Å². The molecule has 0 unspecified atom stereocenters. The van der Waals surface area contributed by atoms with E-state index in [1.807, 2.05) is 26.0 Å². The summed E-state index contributed by atoms with van der Waals surface area (Å²) in [6, 6.07) is 1.53. The van der Waals surface area contributed by atoms with Gasteiger partial charge in [-0.05, 0) is 57.2 Å². The van der Waals surface area contributed by atoms with Gasteiger partial charge in [0.05, 0.1) is 16.9 Å². The van der Waals surface area contributed by atoms with Crippen LogP contribution in [0.15, 0.2) is 21.4 Å². The molecule has 1 aromatic heterocycles. The third kappa shape index (κ3) is 2.82. The van der Waals surface area contributed by atoms with Crippen molar-refractivity contribution >= 4 is 22.8 Å². The minimum absolute atomic E-state index is 0.0405. The number of hydrogen-bond acceptors (Lipinski definition) is 5. The molecule has 0 saturated heterocycles. The summed E-state index contributed by atoms with van der Waals surface area (Å²) in [6.45, 7) is 6.04. The number of hydrogen-bond donors (Lipinski definition) is 0. The molecule has 0 radical (unpaired) electrons. The molecule has 5 rings (SSSR count). The first-order chi connectivity index (χ1) is 13.9. The second-order valence-electron chi connectivity index (χ2n) is 8.94. The Balaban J connectivity index is 1.88. The van der Waals surface area contributed by atoms with E-state index in [2.05, 4.69) is 6.92 Å². The van der Waals surface area contributed by atoms with Crippen LogP contribution in [0.3, 0.4) is 0 Å². The van der Waals surface area contributed by atoms with Gasteiger partial charge in [-0.3, -0.25) is 4.79 Å². The Morgan fingerprint density at radius 1 is 1.14 bits per heavy atom. The lowest BCUT2D eigenvalue weighted by molar-refractivity contribution is 0.0521. The molecule has 29 heavy (non-hydrogen) atoms. The fourth-order valence-electron chi connectivity index (χ4n) is 4.97. The van der Waals surface area contributed by atoms with Crippen molar-refractivity contribution in [1.82, 2.24) is 0 Å². The first-order valence-corrected chi connectivity index (χ1v) is 10.7. The number of benzene rings is 1. The summed E-state index contributed by atoms with van der Waals surface area (Å²) in [6.07, 6.45) is 9.23. The standard InChI is InChI=1S/C24H26O5/c1-4-7-13-12-17(25)28-23-18(13)22-15(10-11-24(2,3)29-22)21-19(23)20(26)14-8-5-6-9-16(14)27-21/h10-12,14,16H,4-9H2,1-3H3/t14-,16+/m0/s1. The van der Waals surface area contributed by atoms with E-state index in [0.29, 0.717) is 29.1 Å². The van der Waals surface area contributed by atoms with Crippen LogP contribution in [0.4, 0.5) is 0 Å². The van der Waals surface area contributed by atoms with Crippen molar-refractivity contribution in [1.29, 1.82) is 0 Å². The predicted octanol–water partition coefficient (Wildman–Crippen LogP) is 5.06. The highest BCUT2D eigenvalue weighted by atomic mass is 16.5. The van der Waals surface area contributed by atoms with E-state index >= 15 is 0 Å².